The van der Waals surface area contributed by atoms with E-state index >= 15 is 0 Å². The van der Waals surface area contributed by atoms with Crippen LogP contribution in [-0.2, 0) is 0 Å². The van der Waals surface area contributed by atoms with Crippen molar-refractivity contribution in [1.29, 1.82) is 0 Å². The van der Waals surface area contributed by atoms with Gasteiger partial charge in [0.2, 0.25) is 0 Å². The lowest BCUT2D eigenvalue weighted by atomic mass is 10.3. The van der Waals surface area contributed by atoms with Crippen molar-refractivity contribution in [2.45, 2.75) is 0 Å². The van der Waals surface area contributed by atoms with Gasteiger partial charge in [-0.3, -0.25) is 0 Å². The fourth-order valence-corrected chi connectivity index (χ4v) is 1.08. The highest BCUT2D eigenvalue weighted by Crippen LogP contribution is 2.16. The van der Waals surface area contributed by atoms with Crippen LogP contribution in [0.15, 0.2) is 35.3 Å². The van der Waals surface area contributed by atoms with Crippen LogP contribution < -0.4 is 5.01 Å². The number of hydrogen-bond donors (Lipinski definition) is 0. The van der Waals surface area contributed by atoms with Gasteiger partial charge in [0.05, 0.1) is 10.6 Å². The first-order chi connectivity index (χ1) is 6.29. The number of aliphatic imine (C=N–C) groups is 1. The van der Waals surface area contributed by atoms with Gasteiger partial charge in [-0.15, -0.1) is 0 Å². The van der Waals surface area contributed by atoms with Crippen molar-refractivity contribution < 1.29 is 9.66 Å². The molecular formula is C8H6N3O2+. The molecule has 1 heterocycles. The van der Waals surface area contributed by atoms with Crippen LogP contribution in [0.1, 0.15) is 0 Å². The van der Waals surface area contributed by atoms with E-state index in [-0.39, 0.29) is 0 Å². The summed E-state index contributed by atoms with van der Waals surface area (Å²) in [4.78, 5) is 25.9. The Morgan fingerprint density at radius 1 is 1.23 bits per heavy atom. The van der Waals surface area contributed by atoms with Gasteiger partial charge in [0.15, 0.2) is 0 Å². The Kier molecular flexibility index (Phi) is 1.63. The highest BCUT2D eigenvalue weighted by atomic mass is 16.3. The zero-order valence-corrected chi connectivity index (χ0v) is 6.62. The number of amides is 2. The van der Waals surface area contributed by atoms with E-state index in [1.165, 1.54) is 0 Å². The van der Waals surface area contributed by atoms with Crippen LogP contribution in [0.25, 0.3) is 0 Å². The number of rotatable bonds is 1. The molecule has 1 aliphatic rings. The van der Waals surface area contributed by atoms with Crippen LogP contribution in [0.4, 0.5) is 10.5 Å². The molecule has 2 rings (SSSR count). The van der Waals surface area contributed by atoms with E-state index in [0.717, 1.165) is 11.3 Å². The molecule has 5 heteroatoms. The molecule has 0 atom stereocenters. The summed E-state index contributed by atoms with van der Waals surface area (Å²) in [6, 6.07) is 8.06. The molecule has 0 unspecified atom stereocenters. The summed E-state index contributed by atoms with van der Waals surface area (Å²) in [5.41, 5.74) is 0.514. The first kappa shape index (κ1) is 7.60. The molecule has 0 saturated heterocycles. The van der Waals surface area contributed by atoms with E-state index in [9.17, 15) is 9.70 Å². The van der Waals surface area contributed by atoms with Gasteiger partial charge >= 0.3 is 12.4 Å². The molecule has 0 fully saturated rings. The molecule has 13 heavy (non-hydrogen) atoms. The maximum Gasteiger partial charge on any atom is 0.496 e. The van der Waals surface area contributed by atoms with E-state index in [4.69, 9.17) is 0 Å². The Labute approximate surface area is 73.8 Å². The van der Waals surface area contributed by atoms with Crippen LogP contribution in [0.2, 0.25) is 0 Å². The second-order valence-electron chi connectivity index (χ2n) is 2.48. The third-order valence-electron chi connectivity index (χ3n) is 1.65. The molecule has 0 spiro atoms. The number of benzene rings is 1. The Hall–Kier alpha value is -2.04. The number of carbonyl (C=O) groups is 1. The van der Waals surface area contributed by atoms with Crippen molar-refractivity contribution >= 4 is 18.1 Å². The lowest BCUT2D eigenvalue weighted by Crippen LogP contribution is -2.30. The maximum absolute atomic E-state index is 11.1. The topological polar surface area (TPSA) is 52.8 Å². The summed E-state index contributed by atoms with van der Waals surface area (Å²) in [5, 5.41) is 0.944. The molecule has 1 aromatic rings. The largest absolute Gasteiger partial charge is 0.496 e. The van der Waals surface area contributed by atoms with Crippen molar-refractivity contribution in [1.82, 2.24) is 0 Å². The monoisotopic (exact) mass is 176 g/mol. The fourth-order valence-electron chi connectivity index (χ4n) is 1.08. The van der Waals surface area contributed by atoms with Gasteiger partial charge in [0.1, 0.15) is 0 Å². The SMILES string of the molecule is O=C1N=C[N+](=O)N1c1ccccc1. The summed E-state index contributed by atoms with van der Waals surface area (Å²) >= 11 is 0. The Balaban J connectivity index is 2.38. The number of carbonyl (C=O) groups excluding carboxylic acids is 1. The van der Waals surface area contributed by atoms with Gasteiger partial charge in [-0.25, -0.2) is 4.79 Å². The number of nitrogens with zero attached hydrogens (tertiary/aromatic N) is 3. The highest BCUT2D eigenvalue weighted by molar-refractivity contribution is 5.97. The number of hydrazine groups is 1. The molecule has 0 aliphatic carbocycles. The first-order valence-corrected chi connectivity index (χ1v) is 3.68. The molecule has 0 aromatic heterocycles. The highest BCUT2D eigenvalue weighted by Gasteiger charge is 2.35. The third-order valence-corrected chi connectivity index (χ3v) is 1.65. The van der Waals surface area contributed by atoms with E-state index in [1.807, 2.05) is 0 Å². The molecule has 0 bridgehead atoms. The van der Waals surface area contributed by atoms with Gasteiger partial charge in [-0.2, -0.15) is 0 Å². The van der Waals surface area contributed by atoms with Gasteiger partial charge in [-0.1, -0.05) is 23.2 Å². The van der Waals surface area contributed by atoms with Crippen molar-refractivity contribution in [3.05, 3.63) is 35.2 Å². The first-order valence-electron chi connectivity index (χ1n) is 3.68. The number of hydrogen-bond acceptors (Lipinski definition) is 2. The van der Waals surface area contributed by atoms with Gasteiger partial charge in [-0.05, 0) is 17.0 Å². The zero-order valence-electron chi connectivity index (χ0n) is 6.62. The predicted molar refractivity (Wildman–Crippen MR) is 46.4 cm³/mol. The van der Waals surface area contributed by atoms with Crippen LogP contribution in [0.3, 0.4) is 0 Å². The summed E-state index contributed by atoms with van der Waals surface area (Å²) in [6.07, 6.45) is 0.940. The lowest BCUT2D eigenvalue weighted by molar-refractivity contribution is -0.416. The second-order valence-corrected chi connectivity index (χ2v) is 2.48. The Bertz CT molecular complexity index is 368. The Morgan fingerprint density at radius 3 is 2.46 bits per heavy atom. The van der Waals surface area contributed by atoms with Crippen molar-refractivity contribution in [3.63, 3.8) is 0 Å². The van der Waals surface area contributed by atoms with Crippen LogP contribution in [0, 0.1) is 4.91 Å². The summed E-state index contributed by atoms with van der Waals surface area (Å²) in [6.45, 7) is 0. The van der Waals surface area contributed by atoms with Crippen molar-refractivity contribution in [3.8, 4) is 0 Å². The quantitative estimate of drug-likeness (QED) is 0.606. The van der Waals surface area contributed by atoms with Gasteiger partial charge in [0.25, 0.3) is 0 Å². The maximum atomic E-state index is 11.1. The summed E-state index contributed by atoms with van der Waals surface area (Å²) < 4.78 is 0. The summed E-state index contributed by atoms with van der Waals surface area (Å²) in [5.74, 6) is 0. The van der Waals surface area contributed by atoms with Crippen LogP contribution in [0.5, 0.6) is 0 Å². The number of nitroso groups, excluding NO2 is 1. The Morgan fingerprint density at radius 2 is 1.92 bits per heavy atom. The molecule has 2 amide bonds. The smallest absolute Gasteiger partial charge is 0.211 e. The average Bonchev–Trinajstić information content (AvgIpc) is 2.48. The molecule has 0 saturated carbocycles. The molecule has 1 aliphatic heterocycles. The molecule has 1 aromatic carbocycles. The normalized spacial score (nSPS) is 15.5. The van der Waals surface area contributed by atoms with Crippen LogP contribution >= 0.6 is 0 Å². The molecule has 5 nitrogen and oxygen atoms in total. The predicted octanol–water partition coefficient (Wildman–Crippen LogP) is 1.35. The van der Waals surface area contributed by atoms with E-state index < -0.39 is 6.03 Å². The lowest BCUT2D eigenvalue weighted by Gasteiger charge is -2.04. The van der Waals surface area contributed by atoms with Gasteiger partial charge in [0, 0.05) is 4.99 Å². The molecule has 0 N–H and O–H groups in total. The summed E-state index contributed by atoms with van der Waals surface area (Å²) in [7, 11) is 0. The van der Waals surface area contributed by atoms with E-state index in [1.54, 1.807) is 30.3 Å². The van der Waals surface area contributed by atoms with Gasteiger partial charge < -0.3 is 0 Å². The second kappa shape index (κ2) is 2.78. The number of para-hydroxylation sites is 1. The molecular weight excluding hydrogens is 170 g/mol. The molecule has 64 valence electrons. The molecule has 0 radical (unpaired) electrons. The fraction of sp³-hybridized carbons (Fsp3) is 0. The van der Waals surface area contributed by atoms with Crippen molar-refractivity contribution in [2.75, 3.05) is 5.01 Å². The van der Waals surface area contributed by atoms with Crippen molar-refractivity contribution in [2.24, 2.45) is 4.99 Å². The number of anilines is 1. The minimum Gasteiger partial charge on any atom is -0.211 e. The number of urea groups is 1. The standard InChI is InChI=1S/C8H6N3O2/c12-8-9-6-10(13)11(8)7-4-2-1-3-5-7/h1-6H/q+1. The van der Waals surface area contributed by atoms with Crippen LogP contribution in [-0.4, -0.2) is 17.2 Å². The third kappa shape index (κ3) is 1.20. The minimum absolute atomic E-state index is 0.400. The van der Waals surface area contributed by atoms with E-state index in [2.05, 4.69) is 4.99 Å². The minimum atomic E-state index is -0.568. The van der Waals surface area contributed by atoms with E-state index in [0.29, 0.717) is 10.6 Å². The zero-order chi connectivity index (χ0) is 9.26. The average molecular weight is 176 g/mol.